The van der Waals surface area contributed by atoms with E-state index >= 15 is 0 Å². The second kappa shape index (κ2) is 10.9. The number of nitrogens with zero attached hydrogens (tertiary/aromatic N) is 2. The highest BCUT2D eigenvalue weighted by Crippen LogP contribution is 2.35. The van der Waals surface area contributed by atoms with Gasteiger partial charge in [-0.15, -0.1) is 0 Å². The molecule has 5 rings (SSSR count). The maximum absolute atomic E-state index is 13.5. The third-order valence-electron chi connectivity index (χ3n) is 6.19. The van der Waals surface area contributed by atoms with E-state index in [1.165, 1.54) is 17.7 Å². The van der Waals surface area contributed by atoms with Crippen molar-refractivity contribution >= 4 is 50.8 Å². The van der Waals surface area contributed by atoms with Crippen LogP contribution in [0.3, 0.4) is 0 Å². The molecule has 2 aliphatic heterocycles. The van der Waals surface area contributed by atoms with Crippen molar-refractivity contribution < 1.29 is 23.5 Å². The van der Waals surface area contributed by atoms with Gasteiger partial charge in [0.1, 0.15) is 24.7 Å². The molecule has 188 valence electrons. The van der Waals surface area contributed by atoms with Crippen molar-refractivity contribution in [2.45, 2.75) is 19.6 Å². The van der Waals surface area contributed by atoms with Crippen molar-refractivity contribution in [3.63, 3.8) is 0 Å². The average molecular weight is 581 g/mol. The number of rotatable bonds is 6. The summed E-state index contributed by atoms with van der Waals surface area (Å²) < 4.78 is 20.2. The fourth-order valence-electron chi connectivity index (χ4n) is 4.27. The van der Waals surface area contributed by atoms with Gasteiger partial charge in [0.15, 0.2) is 0 Å². The molecule has 6 nitrogen and oxygen atoms in total. The van der Waals surface area contributed by atoms with E-state index in [4.69, 9.17) is 4.74 Å². The number of hydrogen-bond donors (Lipinski definition) is 0. The van der Waals surface area contributed by atoms with E-state index in [0.717, 1.165) is 33.1 Å². The molecular weight excluding hydrogens is 559 g/mol. The zero-order valence-corrected chi connectivity index (χ0v) is 22.1. The van der Waals surface area contributed by atoms with E-state index in [1.54, 1.807) is 41.3 Å². The second-order valence-electron chi connectivity index (χ2n) is 8.70. The molecule has 3 aromatic rings. The predicted octanol–water partition coefficient (Wildman–Crippen LogP) is 5.79. The van der Waals surface area contributed by atoms with Crippen molar-refractivity contribution in [1.29, 1.82) is 0 Å². The number of carbonyl (C=O) groups is 3. The van der Waals surface area contributed by atoms with Crippen LogP contribution in [0.1, 0.15) is 22.3 Å². The molecule has 37 heavy (non-hydrogen) atoms. The summed E-state index contributed by atoms with van der Waals surface area (Å²) in [6.07, 6.45) is 2.32. The summed E-state index contributed by atoms with van der Waals surface area (Å²) >= 11 is 4.22. The molecule has 3 amide bonds. The highest BCUT2D eigenvalue weighted by molar-refractivity contribution is 9.10. The van der Waals surface area contributed by atoms with Crippen molar-refractivity contribution in [2.75, 3.05) is 13.1 Å². The van der Waals surface area contributed by atoms with Crippen LogP contribution in [0.4, 0.5) is 9.18 Å². The van der Waals surface area contributed by atoms with E-state index < -0.39 is 11.1 Å². The van der Waals surface area contributed by atoms with Gasteiger partial charge in [0.2, 0.25) is 5.91 Å². The molecule has 0 aromatic heterocycles. The van der Waals surface area contributed by atoms with Crippen LogP contribution in [0.5, 0.6) is 5.75 Å². The van der Waals surface area contributed by atoms with Crippen molar-refractivity contribution in [3.8, 4) is 5.75 Å². The van der Waals surface area contributed by atoms with Gasteiger partial charge in [-0.1, -0.05) is 52.3 Å². The Labute approximate surface area is 226 Å². The molecule has 0 unspecified atom stereocenters. The Balaban J connectivity index is 1.29. The summed E-state index contributed by atoms with van der Waals surface area (Å²) in [5, 5.41) is -0.487. The molecule has 3 aromatic carbocycles. The number of hydrogen-bond acceptors (Lipinski definition) is 5. The fraction of sp³-hybridized carbons (Fsp3) is 0.179. The smallest absolute Gasteiger partial charge is 0.294 e. The summed E-state index contributed by atoms with van der Waals surface area (Å²) in [6.45, 7) is 0.845. The lowest BCUT2D eigenvalue weighted by molar-refractivity contribution is -0.136. The first-order valence-corrected chi connectivity index (χ1v) is 13.2. The third kappa shape index (κ3) is 5.78. The molecule has 0 N–H and O–H groups in total. The number of imide groups is 1. The molecule has 0 saturated carbocycles. The Bertz CT molecular complexity index is 1430. The summed E-state index contributed by atoms with van der Waals surface area (Å²) in [5.74, 6) is -0.659. The Hall–Kier alpha value is -3.43. The number of benzene rings is 3. The predicted molar refractivity (Wildman–Crippen MR) is 143 cm³/mol. The zero-order chi connectivity index (χ0) is 25.9. The maximum atomic E-state index is 13.5. The lowest BCUT2D eigenvalue weighted by atomic mass is 10.00. The first kappa shape index (κ1) is 25.2. The van der Waals surface area contributed by atoms with Gasteiger partial charge in [-0.2, -0.15) is 0 Å². The van der Waals surface area contributed by atoms with Crippen LogP contribution >= 0.6 is 27.7 Å². The molecule has 9 heteroatoms. The van der Waals surface area contributed by atoms with E-state index in [2.05, 4.69) is 22.0 Å². The molecular formula is C28H22BrFN2O4S. The largest absolute Gasteiger partial charge is 0.488 e. The number of fused-ring (bicyclic) bond motifs is 1. The van der Waals surface area contributed by atoms with Gasteiger partial charge < -0.3 is 9.64 Å². The van der Waals surface area contributed by atoms with Gasteiger partial charge in [0.05, 0.1) is 4.91 Å². The summed E-state index contributed by atoms with van der Waals surface area (Å²) in [6, 6.07) is 19.4. The number of ether oxygens (including phenoxy) is 1. The van der Waals surface area contributed by atoms with Crippen LogP contribution in [-0.4, -0.2) is 39.9 Å². The van der Waals surface area contributed by atoms with Crippen molar-refractivity contribution in [2.24, 2.45) is 0 Å². The van der Waals surface area contributed by atoms with Crippen molar-refractivity contribution in [1.82, 2.24) is 9.80 Å². The molecule has 0 aliphatic carbocycles. The Morgan fingerprint density at radius 1 is 1.05 bits per heavy atom. The van der Waals surface area contributed by atoms with Gasteiger partial charge in [-0.05, 0) is 71.3 Å². The molecule has 0 spiro atoms. The van der Waals surface area contributed by atoms with Gasteiger partial charge in [0.25, 0.3) is 11.1 Å². The number of halogens is 2. The minimum Gasteiger partial charge on any atom is -0.488 e. The van der Waals surface area contributed by atoms with Crippen LogP contribution in [0.15, 0.2) is 76.1 Å². The summed E-state index contributed by atoms with van der Waals surface area (Å²) in [7, 11) is 0. The number of thioether (sulfide) groups is 1. The normalized spacial score (nSPS) is 16.3. The molecule has 2 heterocycles. The third-order valence-corrected chi connectivity index (χ3v) is 7.59. The van der Waals surface area contributed by atoms with E-state index in [1.807, 2.05) is 18.2 Å². The summed E-state index contributed by atoms with van der Waals surface area (Å²) in [5.41, 5.74) is 3.53. The highest BCUT2D eigenvalue weighted by Gasteiger charge is 2.37. The maximum Gasteiger partial charge on any atom is 0.294 e. The van der Waals surface area contributed by atoms with Crippen LogP contribution in [0.2, 0.25) is 0 Å². The van der Waals surface area contributed by atoms with Crippen LogP contribution < -0.4 is 4.74 Å². The quantitative estimate of drug-likeness (QED) is 0.345. The topological polar surface area (TPSA) is 66.9 Å². The Morgan fingerprint density at radius 2 is 1.86 bits per heavy atom. The number of amides is 3. The molecule has 0 bridgehead atoms. The van der Waals surface area contributed by atoms with Gasteiger partial charge in [0, 0.05) is 23.1 Å². The molecule has 0 atom stereocenters. The van der Waals surface area contributed by atoms with E-state index in [0.29, 0.717) is 30.0 Å². The highest BCUT2D eigenvalue weighted by atomic mass is 79.9. The van der Waals surface area contributed by atoms with Crippen LogP contribution in [0, 0.1) is 5.82 Å². The Kier molecular flexibility index (Phi) is 7.43. The average Bonchev–Trinajstić information content (AvgIpc) is 3.15. The SMILES string of the molecule is O=C(CN1C(=O)S/C(=C\c2cc(Br)ccc2OCc2cccc(F)c2)C1=O)N1CCc2ccccc2C1. The standard InChI is InChI=1S/C28H22BrFN2O4S/c29-22-8-9-24(36-17-18-4-3-7-23(30)12-18)21(13-22)14-25-27(34)32(28(35)37-25)16-26(33)31-11-10-19-5-1-2-6-20(19)15-31/h1-9,12-14H,10-11,15-17H2/b25-14-. The lowest BCUT2D eigenvalue weighted by Crippen LogP contribution is -2.44. The lowest BCUT2D eigenvalue weighted by Gasteiger charge is -2.29. The van der Waals surface area contributed by atoms with Gasteiger partial charge in [-0.3, -0.25) is 19.3 Å². The van der Waals surface area contributed by atoms with E-state index in [-0.39, 0.29) is 29.8 Å². The van der Waals surface area contributed by atoms with E-state index in [9.17, 15) is 18.8 Å². The second-order valence-corrected chi connectivity index (χ2v) is 10.6. The number of carbonyl (C=O) groups excluding carboxylic acids is 3. The molecule has 0 radical (unpaired) electrons. The van der Waals surface area contributed by atoms with Crippen LogP contribution in [0.25, 0.3) is 6.08 Å². The van der Waals surface area contributed by atoms with Crippen molar-refractivity contribution in [3.05, 3.63) is 104 Å². The first-order valence-electron chi connectivity index (χ1n) is 11.6. The molecule has 1 saturated heterocycles. The van der Waals surface area contributed by atoms with Crippen LogP contribution in [-0.2, 0) is 29.2 Å². The molecule has 1 fully saturated rings. The van der Waals surface area contributed by atoms with Gasteiger partial charge >= 0.3 is 0 Å². The minimum absolute atomic E-state index is 0.134. The molecule has 2 aliphatic rings. The monoisotopic (exact) mass is 580 g/mol. The first-order chi connectivity index (χ1) is 17.9. The minimum atomic E-state index is -0.517. The van der Waals surface area contributed by atoms with Gasteiger partial charge in [-0.25, -0.2) is 4.39 Å². The summed E-state index contributed by atoms with van der Waals surface area (Å²) in [4.78, 5) is 41.6. The Morgan fingerprint density at radius 3 is 2.68 bits per heavy atom. The zero-order valence-electron chi connectivity index (χ0n) is 19.7. The fourth-order valence-corrected chi connectivity index (χ4v) is 5.48.